The third kappa shape index (κ3) is 3.37. The minimum Gasteiger partial charge on any atom is -0.495 e. The third-order valence-electron chi connectivity index (χ3n) is 4.75. The summed E-state index contributed by atoms with van der Waals surface area (Å²) < 4.78 is 12.6. The monoisotopic (exact) mass is 394 g/mol. The summed E-state index contributed by atoms with van der Waals surface area (Å²) in [7, 11) is 1.55. The number of anilines is 1. The van der Waals surface area contributed by atoms with Gasteiger partial charge in [-0.15, -0.1) is 0 Å². The van der Waals surface area contributed by atoms with Crippen LogP contribution in [0.5, 0.6) is 5.75 Å². The van der Waals surface area contributed by atoms with Crippen LogP contribution < -0.4 is 10.1 Å². The fraction of sp³-hybridized carbons (Fsp3) is 0.136. The Morgan fingerprint density at radius 3 is 2.75 bits per heavy atom. The molecule has 0 radical (unpaired) electrons. The minimum absolute atomic E-state index is 0.235. The van der Waals surface area contributed by atoms with E-state index in [1.807, 2.05) is 22.8 Å². The van der Waals surface area contributed by atoms with Crippen molar-refractivity contribution in [2.75, 3.05) is 12.4 Å². The summed E-state index contributed by atoms with van der Waals surface area (Å²) in [6.07, 6.45) is 1.63. The fourth-order valence-electron chi connectivity index (χ4n) is 3.23. The van der Waals surface area contributed by atoms with Crippen molar-refractivity contribution in [2.24, 2.45) is 0 Å². The smallest absolute Gasteiger partial charge is 0.272 e. The van der Waals surface area contributed by atoms with Gasteiger partial charge in [-0.25, -0.2) is 0 Å². The van der Waals surface area contributed by atoms with Gasteiger partial charge in [-0.05, 0) is 36.2 Å². The van der Waals surface area contributed by atoms with Crippen LogP contribution in [-0.2, 0) is 6.54 Å². The second kappa shape index (κ2) is 7.44. The maximum Gasteiger partial charge on any atom is 0.272 e. The Bertz CT molecular complexity index is 1160. The van der Waals surface area contributed by atoms with Crippen LogP contribution in [0.4, 0.5) is 5.69 Å². The molecule has 0 aliphatic carbocycles. The number of halogens is 1. The van der Waals surface area contributed by atoms with E-state index in [0.717, 1.165) is 11.1 Å². The lowest BCUT2D eigenvalue weighted by Crippen LogP contribution is -2.17. The molecule has 142 valence electrons. The van der Waals surface area contributed by atoms with Crippen molar-refractivity contribution in [1.82, 2.24) is 4.57 Å². The van der Waals surface area contributed by atoms with Gasteiger partial charge in [0.1, 0.15) is 11.4 Å². The van der Waals surface area contributed by atoms with Crippen molar-refractivity contribution in [2.45, 2.75) is 13.5 Å². The molecule has 0 atom stereocenters. The molecule has 0 unspecified atom stereocenters. The number of nitrogens with zero attached hydrogens (tertiary/aromatic N) is 1. The van der Waals surface area contributed by atoms with Gasteiger partial charge in [-0.3, -0.25) is 4.79 Å². The van der Waals surface area contributed by atoms with Gasteiger partial charge < -0.3 is 19.0 Å². The molecule has 6 heteroatoms. The molecule has 2 aromatic carbocycles. The molecule has 1 N–H and O–H groups in total. The first-order valence-electron chi connectivity index (χ1n) is 8.83. The van der Waals surface area contributed by atoms with E-state index in [9.17, 15) is 4.79 Å². The van der Waals surface area contributed by atoms with Gasteiger partial charge in [-0.2, -0.15) is 0 Å². The minimum atomic E-state index is -0.235. The molecule has 1 amide bonds. The molecule has 28 heavy (non-hydrogen) atoms. The Labute approximate surface area is 167 Å². The second-order valence-electron chi connectivity index (χ2n) is 6.52. The highest BCUT2D eigenvalue weighted by molar-refractivity contribution is 6.32. The summed E-state index contributed by atoms with van der Waals surface area (Å²) in [5, 5.41) is 3.34. The van der Waals surface area contributed by atoms with E-state index in [1.165, 1.54) is 5.56 Å². The fourth-order valence-corrected chi connectivity index (χ4v) is 3.49. The molecular formula is C22H19ClN2O3. The van der Waals surface area contributed by atoms with E-state index in [-0.39, 0.29) is 5.91 Å². The Kier molecular flexibility index (Phi) is 4.84. The molecule has 2 heterocycles. The number of nitrogens with one attached hydrogen (secondary N) is 1. The van der Waals surface area contributed by atoms with Crippen molar-refractivity contribution in [1.29, 1.82) is 0 Å². The molecule has 0 aliphatic heterocycles. The first-order valence-corrected chi connectivity index (χ1v) is 9.21. The number of carbonyl (C=O) groups excluding carboxylic acids is 1. The lowest BCUT2D eigenvalue weighted by atomic mass is 10.1. The molecule has 4 rings (SSSR count). The number of rotatable bonds is 5. The van der Waals surface area contributed by atoms with E-state index in [1.54, 1.807) is 37.6 Å². The molecule has 0 saturated heterocycles. The predicted molar refractivity (Wildman–Crippen MR) is 110 cm³/mol. The number of methoxy groups -OCH3 is 1. The summed E-state index contributed by atoms with van der Waals surface area (Å²) in [4.78, 5) is 13.0. The maximum atomic E-state index is 13.0. The van der Waals surface area contributed by atoms with E-state index >= 15 is 0 Å². The summed E-state index contributed by atoms with van der Waals surface area (Å²) in [6, 6.07) is 16.9. The number of amides is 1. The van der Waals surface area contributed by atoms with Crippen LogP contribution in [0.3, 0.4) is 0 Å². The molecule has 2 aromatic heterocycles. The maximum absolute atomic E-state index is 13.0. The van der Waals surface area contributed by atoms with E-state index in [2.05, 4.69) is 24.4 Å². The number of carbonyl (C=O) groups is 1. The number of furan rings is 1. The second-order valence-corrected chi connectivity index (χ2v) is 6.92. The molecule has 4 aromatic rings. The van der Waals surface area contributed by atoms with Crippen LogP contribution in [0.25, 0.3) is 11.1 Å². The highest BCUT2D eigenvalue weighted by atomic mass is 35.5. The number of benzene rings is 2. The van der Waals surface area contributed by atoms with Crippen molar-refractivity contribution in [3.8, 4) is 5.75 Å². The Hall–Kier alpha value is -3.18. The number of fused-ring (bicyclic) bond motifs is 1. The van der Waals surface area contributed by atoms with Gasteiger partial charge in [0.05, 0.1) is 23.9 Å². The van der Waals surface area contributed by atoms with Crippen LogP contribution in [-0.4, -0.2) is 17.6 Å². The van der Waals surface area contributed by atoms with Crippen LogP contribution in [0.2, 0.25) is 5.02 Å². The molecule has 0 fully saturated rings. The number of hydrogen-bond donors (Lipinski definition) is 1. The van der Waals surface area contributed by atoms with Gasteiger partial charge in [-0.1, -0.05) is 35.9 Å². The van der Waals surface area contributed by atoms with Crippen LogP contribution >= 0.6 is 11.6 Å². The number of ether oxygens (including phenoxy) is 1. The first-order chi connectivity index (χ1) is 13.6. The summed E-state index contributed by atoms with van der Waals surface area (Å²) >= 11 is 6.17. The zero-order valence-corrected chi connectivity index (χ0v) is 16.3. The summed E-state index contributed by atoms with van der Waals surface area (Å²) in [5.74, 6) is 0.321. The lowest BCUT2D eigenvalue weighted by Gasteiger charge is -2.13. The van der Waals surface area contributed by atoms with Crippen molar-refractivity contribution in [3.63, 3.8) is 0 Å². The summed E-state index contributed by atoms with van der Waals surface area (Å²) in [5.41, 5.74) is 4.97. The molecule has 5 nitrogen and oxygen atoms in total. The van der Waals surface area contributed by atoms with Gasteiger partial charge in [0.2, 0.25) is 0 Å². The lowest BCUT2D eigenvalue weighted by molar-refractivity contribution is 0.101. The molecule has 0 bridgehead atoms. The zero-order chi connectivity index (χ0) is 19.7. The topological polar surface area (TPSA) is 56.4 Å². The molecule has 0 aliphatic rings. The van der Waals surface area contributed by atoms with E-state index < -0.39 is 0 Å². The van der Waals surface area contributed by atoms with Gasteiger partial charge in [0.25, 0.3) is 5.91 Å². The molecular weight excluding hydrogens is 376 g/mol. The number of aryl methyl sites for hydroxylation is 1. The Balaban J connectivity index is 1.68. The zero-order valence-electron chi connectivity index (χ0n) is 15.5. The average Bonchev–Trinajstić information content (AvgIpc) is 3.26. The Morgan fingerprint density at radius 1 is 1.18 bits per heavy atom. The van der Waals surface area contributed by atoms with Gasteiger partial charge in [0, 0.05) is 24.4 Å². The van der Waals surface area contributed by atoms with E-state index in [4.69, 9.17) is 20.8 Å². The molecule has 0 spiro atoms. The third-order valence-corrected chi connectivity index (χ3v) is 5.05. The highest BCUT2D eigenvalue weighted by Crippen LogP contribution is 2.28. The van der Waals surface area contributed by atoms with Crippen LogP contribution in [0.15, 0.2) is 65.3 Å². The highest BCUT2D eigenvalue weighted by Gasteiger charge is 2.18. The van der Waals surface area contributed by atoms with E-state index in [0.29, 0.717) is 34.3 Å². The first kappa shape index (κ1) is 18.2. The number of hydrogen-bond acceptors (Lipinski definition) is 3. The van der Waals surface area contributed by atoms with Gasteiger partial charge in [0.15, 0.2) is 5.58 Å². The predicted octanol–water partition coefficient (Wildman–Crippen LogP) is 5.51. The van der Waals surface area contributed by atoms with Crippen molar-refractivity contribution >= 4 is 34.3 Å². The van der Waals surface area contributed by atoms with Crippen LogP contribution in [0, 0.1) is 6.92 Å². The Morgan fingerprint density at radius 2 is 2.00 bits per heavy atom. The molecule has 0 saturated carbocycles. The van der Waals surface area contributed by atoms with Crippen LogP contribution in [0.1, 0.15) is 21.6 Å². The van der Waals surface area contributed by atoms with Gasteiger partial charge >= 0.3 is 0 Å². The van der Waals surface area contributed by atoms with Crippen molar-refractivity contribution < 1.29 is 13.9 Å². The normalized spacial score (nSPS) is 11.0. The number of aromatic nitrogens is 1. The quantitative estimate of drug-likeness (QED) is 0.486. The SMILES string of the molecule is COc1ccc(NC(=O)c2cc3occc3n2Cc2ccccc2C)cc1Cl. The largest absolute Gasteiger partial charge is 0.495 e. The summed E-state index contributed by atoms with van der Waals surface area (Å²) in [6.45, 7) is 2.63. The average molecular weight is 395 g/mol. The van der Waals surface area contributed by atoms with Crippen molar-refractivity contribution in [3.05, 3.63) is 82.7 Å². The standard InChI is InChI=1S/C22H19ClN2O3/c1-14-5-3-4-6-15(14)13-25-18-9-10-28-21(18)12-19(25)22(26)24-16-7-8-20(27-2)17(23)11-16/h3-12H,13H2,1-2H3,(H,24,26).